The molecule has 5 amide bonds. The van der Waals surface area contributed by atoms with E-state index in [1.807, 2.05) is 60.4 Å². The van der Waals surface area contributed by atoms with Crippen LogP contribution in [0.3, 0.4) is 0 Å². The molecule has 0 spiro atoms. The molecule has 1 aliphatic carbocycles. The fraction of sp³-hybridized carbons (Fsp3) is 0.370. The molecule has 4 N–H and O–H groups in total. The summed E-state index contributed by atoms with van der Waals surface area (Å²) in [6.07, 6.45) is 2.51. The number of imide groups is 1. The van der Waals surface area contributed by atoms with Crippen molar-refractivity contribution < 1.29 is 42.2 Å². The maximum atomic E-state index is 16.2. The summed E-state index contributed by atoms with van der Waals surface area (Å²) in [5.74, 6) is -2.55. The van der Waals surface area contributed by atoms with Crippen molar-refractivity contribution in [3.05, 3.63) is 100 Å². The van der Waals surface area contributed by atoms with Crippen molar-refractivity contribution in [1.29, 1.82) is 0 Å². The molecule has 2 atom stereocenters. The van der Waals surface area contributed by atoms with Crippen molar-refractivity contribution in [2.75, 3.05) is 38.2 Å². The molecule has 1 saturated carbocycles. The van der Waals surface area contributed by atoms with E-state index in [-0.39, 0.29) is 82.6 Å². The molecule has 4 heterocycles. The number of nitrogens with zero attached hydrogens (tertiary/aromatic N) is 4. The average Bonchev–Trinajstić information content (AvgIpc) is 3.75. The van der Waals surface area contributed by atoms with Crippen molar-refractivity contribution in [3.63, 3.8) is 0 Å². The maximum Gasteiger partial charge on any atom is 0.329 e. The number of likely N-dealkylation sites (tertiary alicyclic amines) is 1. The van der Waals surface area contributed by atoms with E-state index in [1.54, 1.807) is 11.7 Å². The number of aryl methyl sites for hydroxylation is 1. The minimum atomic E-state index is -1.10. The minimum Gasteiger partial charge on any atom is -0.494 e. The lowest BCUT2D eigenvalue weighted by molar-refractivity contribution is -0.142. The molecule has 14 nitrogen and oxygen atoms in total. The van der Waals surface area contributed by atoms with Gasteiger partial charge in [-0.25, -0.2) is 13.6 Å². The predicted octanol–water partition coefficient (Wildman–Crippen LogP) is 6.56. The second-order valence-electron chi connectivity index (χ2n) is 16.7. The first-order chi connectivity index (χ1) is 30.3. The van der Waals surface area contributed by atoms with Gasteiger partial charge in [-0.15, -0.1) is 0 Å². The summed E-state index contributed by atoms with van der Waals surface area (Å²) in [5.41, 5.74) is 6.09. The number of nitrogens with two attached hydrogens (primary N) is 1. The Morgan fingerprint density at radius 2 is 1.76 bits per heavy atom. The number of para-hydroxylation sites is 1. The van der Waals surface area contributed by atoms with E-state index in [4.69, 9.17) is 31.5 Å². The molecular formula is C46H46ClF2N7O7. The summed E-state index contributed by atoms with van der Waals surface area (Å²) in [6.45, 7) is 3.52. The SMILES string of the molecule is COc1ccc(C(N)=O)c(-c2c(Cl)c(F)cc3c2[C@H](C)[C@@](CNC2CCN(C(=O)C4CC(Oc5cccc6c(N7CCC(=O)NC7=O)nn(C)c56)C4)CC2)(c2ccccc2)O3)c1F. The number of primary amides is 1. The van der Waals surface area contributed by atoms with Crippen LogP contribution in [0.2, 0.25) is 5.02 Å². The number of hydrogen-bond donors (Lipinski definition) is 3. The lowest BCUT2D eigenvalue weighted by atomic mass is 9.77. The molecule has 63 heavy (non-hydrogen) atoms. The number of urea groups is 1. The number of fused-ring (bicyclic) bond motifs is 2. The molecule has 328 valence electrons. The monoisotopic (exact) mass is 881 g/mol. The van der Waals surface area contributed by atoms with Gasteiger partial charge in [0, 0.05) is 85.7 Å². The van der Waals surface area contributed by atoms with Gasteiger partial charge in [0.15, 0.2) is 23.0 Å². The molecular weight excluding hydrogens is 836 g/mol. The number of piperidine rings is 1. The minimum absolute atomic E-state index is 0.0180. The highest BCUT2D eigenvalue weighted by Gasteiger charge is 2.50. The van der Waals surface area contributed by atoms with Gasteiger partial charge in [0.2, 0.25) is 17.7 Å². The van der Waals surface area contributed by atoms with Gasteiger partial charge >= 0.3 is 6.03 Å². The van der Waals surface area contributed by atoms with Crippen LogP contribution in [-0.4, -0.2) is 83.9 Å². The Kier molecular flexibility index (Phi) is 11.0. The Morgan fingerprint density at radius 1 is 1.02 bits per heavy atom. The van der Waals surface area contributed by atoms with Gasteiger partial charge in [0.05, 0.1) is 17.7 Å². The number of aromatic nitrogens is 2. The Bertz CT molecular complexity index is 2670. The lowest BCUT2D eigenvalue weighted by Gasteiger charge is -2.41. The summed E-state index contributed by atoms with van der Waals surface area (Å²) in [7, 11) is 3.07. The number of rotatable bonds is 11. The number of carbonyl (C=O) groups excluding carboxylic acids is 4. The molecule has 0 bridgehead atoms. The standard InChI is InChI=1S/C46H46ClF2N7O7/c1-24-36-34(22-31(48)39(47)38(36)37-29(42(50)58)12-13-32(61-3)40(37)49)63-46(24,26-8-5-4-6-9-26)23-51-27-14-17-55(18-15-27)44(59)25-20-28(21-25)62-33-11-7-10-30-41(33)54(2)53-43(30)56-19-16-35(57)52-45(56)60/h4-13,22,24-25,27-28,51H,14-21,23H2,1-3H3,(H2,50,58)(H,52,57,60)/t24-,25?,28?,46-/m0/s1. The second-order valence-corrected chi connectivity index (χ2v) is 17.0. The number of halogens is 3. The summed E-state index contributed by atoms with van der Waals surface area (Å²) in [4.78, 5) is 54.1. The topological polar surface area (TPSA) is 170 Å². The van der Waals surface area contributed by atoms with Gasteiger partial charge in [-0.1, -0.05) is 54.9 Å². The number of carbonyl (C=O) groups is 4. The maximum absolute atomic E-state index is 16.2. The first-order valence-electron chi connectivity index (χ1n) is 21.0. The van der Waals surface area contributed by atoms with Crippen LogP contribution in [-0.2, 0) is 22.2 Å². The third-order valence-corrected chi connectivity index (χ3v) is 13.4. The highest BCUT2D eigenvalue weighted by molar-refractivity contribution is 6.34. The van der Waals surface area contributed by atoms with Crippen LogP contribution < -0.4 is 35.5 Å². The Morgan fingerprint density at radius 3 is 2.46 bits per heavy atom. The third kappa shape index (κ3) is 7.28. The van der Waals surface area contributed by atoms with E-state index < -0.39 is 35.1 Å². The van der Waals surface area contributed by atoms with Gasteiger partial charge in [0.1, 0.15) is 28.9 Å². The molecule has 0 unspecified atom stereocenters. The molecule has 4 aromatic carbocycles. The van der Waals surface area contributed by atoms with Crippen LogP contribution >= 0.6 is 11.6 Å². The van der Waals surface area contributed by atoms with Crippen LogP contribution in [0.5, 0.6) is 17.2 Å². The highest BCUT2D eigenvalue weighted by atomic mass is 35.5. The van der Waals surface area contributed by atoms with Crippen LogP contribution in [0.25, 0.3) is 22.0 Å². The van der Waals surface area contributed by atoms with Crippen molar-refractivity contribution in [3.8, 4) is 28.4 Å². The zero-order chi connectivity index (χ0) is 44.3. The number of hydrogen-bond acceptors (Lipinski definition) is 9. The lowest BCUT2D eigenvalue weighted by Crippen LogP contribution is -2.53. The normalized spacial score (nSPS) is 22.3. The Balaban J connectivity index is 0.866. The first kappa shape index (κ1) is 42.1. The van der Waals surface area contributed by atoms with Crippen LogP contribution in [0, 0.1) is 17.6 Å². The predicted molar refractivity (Wildman–Crippen MR) is 230 cm³/mol. The summed E-state index contributed by atoms with van der Waals surface area (Å²) in [6, 6.07) is 18.4. The molecule has 0 radical (unpaired) electrons. The zero-order valence-electron chi connectivity index (χ0n) is 34.9. The highest BCUT2D eigenvalue weighted by Crippen LogP contribution is 2.56. The third-order valence-electron chi connectivity index (χ3n) is 13.1. The molecule has 5 aromatic rings. The number of nitrogens with one attached hydrogen (secondary N) is 2. The van der Waals surface area contributed by atoms with E-state index >= 15 is 8.78 Å². The van der Waals surface area contributed by atoms with Gasteiger partial charge in [-0.05, 0) is 55.5 Å². The largest absolute Gasteiger partial charge is 0.494 e. The Hall–Kier alpha value is -6.26. The fourth-order valence-electron chi connectivity index (χ4n) is 9.62. The molecule has 3 aliphatic heterocycles. The number of benzene rings is 4. The van der Waals surface area contributed by atoms with Crippen LogP contribution in [0.1, 0.15) is 66.4 Å². The van der Waals surface area contributed by atoms with E-state index in [9.17, 15) is 19.2 Å². The molecule has 17 heteroatoms. The smallest absolute Gasteiger partial charge is 0.329 e. The van der Waals surface area contributed by atoms with E-state index in [0.717, 1.165) is 16.5 Å². The average molecular weight is 882 g/mol. The van der Waals surface area contributed by atoms with E-state index in [0.29, 0.717) is 55.9 Å². The molecule has 4 aliphatic rings. The number of amides is 5. The Labute approximate surface area is 366 Å². The van der Waals surface area contributed by atoms with Crippen molar-refractivity contribution >= 4 is 52.1 Å². The van der Waals surface area contributed by atoms with E-state index in [1.165, 1.54) is 30.2 Å². The number of methoxy groups -OCH3 is 1. The molecule has 1 aromatic heterocycles. The second kappa shape index (κ2) is 16.5. The summed E-state index contributed by atoms with van der Waals surface area (Å²) >= 11 is 6.67. The van der Waals surface area contributed by atoms with Gasteiger partial charge in [0.25, 0.3) is 0 Å². The van der Waals surface area contributed by atoms with Crippen molar-refractivity contribution in [1.82, 2.24) is 25.3 Å². The van der Waals surface area contributed by atoms with Crippen LogP contribution in [0.15, 0.2) is 66.7 Å². The molecule has 2 saturated heterocycles. The fourth-order valence-corrected chi connectivity index (χ4v) is 9.87. The number of anilines is 1. The van der Waals surface area contributed by atoms with Gasteiger partial charge in [-0.3, -0.25) is 29.3 Å². The van der Waals surface area contributed by atoms with E-state index in [2.05, 4.69) is 15.7 Å². The summed E-state index contributed by atoms with van der Waals surface area (Å²) in [5, 5.41) is 11.0. The van der Waals surface area contributed by atoms with Crippen molar-refractivity contribution in [2.24, 2.45) is 18.7 Å². The molecule has 3 fully saturated rings. The van der Waals surface area contributed by atoms with Crippen LogP contribution in [0.4, 0.5) is 19.4 Å². The first-order valence-corrected chi connectivity index (χ1v) is 21.4. The zero-order valence-corrected chi connectivity index (χ0v) is 35.6. The number of ether oxygens (including phenoxy) is 3. The van der Waals surface area contributed by atoms with Gasteiger partial charge < -0.3 is 30.2 Å². The van der Waals surface area contributed by atoms with Crippen molar-refractivity contribution in [2.45, 2.75) is 62.7 Å². The quantitative estimate of drug-likeness (QED) is 0.133. The summed E-state index contributed by atoms with van der Waals surface area (Å²) < 4.78 is 52.0. The molecule has 9 rings (SSSR count). The van der Waals surface area contributed by atoms with Gasteiger partial charge in [-0.2, -0.15) is 5.10 Å².